The third-order valence-corrected chi connectivity index (χ3v) is 1.77. The predicted octanol–water partition coefficient (Wildman–Crippen LogP) is -0.183. The second-order valence-corrected chi connectivity index (χ2v) is 2.52. The van der Waals surface area contributed by atoms with Gasteiger partial charge in [-0.1, -0.05) is 0 Å². The molecule has 3 heteroatoms. The molecule has 0 atom stereocenters. The molecule has 0 aromatic heterocycles. The van der Waals surface area contributed by atoms with Crippen molar-refractivity contribution in [3.8, 4) is 0 Å². The number of hydrogen-bond acceptors (Lipinski definition) is 2. The van der Waals surface area contributed by atoms with Gasteiger partial charge in [0.25, 0.3) is 0 Å². The molecule has 10 heavy (non-hydrogen) atoms. The molecule has 0 radical (unpaired) electrons. The van der Waals surface area contributed by atoms with Crippen molar-refractivity contribution in [3.63, 3.8) is 0 Å². The highest BCUT2D eigenvalue weighted by atomic mass is 16.3. The Bertz CT molecular complexity index is 141. The first-order valence-electron chi connectivity index (χ1n) is 3.70. The largest absolute Gasteiger partial charge is 0.846 e. The number of nitrogens with zero attached hydrogens (tertiary/aromatic N) is 2. The Balaban J connectivity index is 2.46. The lowest BCUT2D eigenvalue weighted by Crippen LogP contribution is -2.41. The second kappa shape index (κ2) is 2.90. The summed E-state index contributed by atoms with van der Waals surface area (Å²) in [5, 5.41) is 11.0. The summed E-state index contributed by atoms with van der Waals surface area (Å²) in [7, 11) is 1.55. The van der Waals surface area contributed by atoms with Gasteiger partial charge in [-0.25, -0.2) is 0 Å². The first-order valence-corrected chi connectivity index (χ1v) is 3.70. The molecule has 0 saturated heterocycles. The maximum absolute atomic E-state index is 11.0. The van der Waals surface area contributed by atoms with Crippen LogP contribution in [0, 0.1) is 0 Å². The van der Waals surface area contributed by atoms with E-state index in [4.69, 9.17) is 0 Å². The maximum Gasteiger partial charge on any atom is 0.0497 e. The van der Waals surface area contributed by atoms with Crippen molar-refractivity contribution in [1.29, 1.82) is 0 Å². The van der Waals surface area contributed by atoms with Crippen LogP contribution in [0.4, 0.5) is 0 Å². The van der Waals surface area contributed by atoms with E-state index in [0.29, 0.717) is 6.04 Å². The summed E-state index contributed by atoms with van der Waals surface area (Å²) >= 11 is 0. The molecule has 0 aromatic rings. The zero-order chi connectivity index (χ0) is 7.56. The minimum absolute atomic E-state index is 0.0648. The van der Waals surface area contributed by atoms with E-state index in [1.165, 1.54) is 0 Å². The number of aliphatic imine (C=N–C) groups is 1. The van der Waals surface area contributed by atoms with Crippen LogP contribution in [-0.4, -0.2) is 30.6 Å². The van der Waals surface area contributed by atoms with Gasteiger partial charge in [0.1, 0.15) is 0 Å². The summed E-state index contributed by atoms with van der Waals surface area (Å²) in [4.78, 5) is 5.43. The fraction of sp³-hybridized carbons (Fsp3) is 0.857. The van der Waals surface area contributed by atoms with Crippen molar-refractivity contribution in [1.82, 2.24) is 4.90 Å². The summed E-state index contributed by atoms with van der Waals surface area (Å²) in [5.74, 6) is 0. The van der Waals surface area contributed by atoms with Gasteiger partial charge in [0.15, 0.2) is 0 Å². The van der Waals surface area contributed by atoms with Crippen molar-refractivity contribution < 1.29 is 5.11 Å². The monoisotopic (exact) mass is 141 g/mol. The molecule has 58 valence electrons. The molecule has 0 aromatic carbocycles. The molecule has 0 amide bonds. The molecular weight excluding hydrogens is 128 g/mol. The topological polar surface area (TPSA) is 38.7 Å². The third-order valence-electron chi connectivity index (χ3n) is 1.77. The van der Waals surface area contributed by atoms with E-state index in [1.807, 2.05) is 11.8 Å². The average Bonchev–Trinajstić information content (AvgIpc) is 2.73. The fourth-order valence-corrected chi connectivity index (χ4v) is 1.06. The highest BCUT2D eigenvalue weighted by Gasteiger charge is 2.26. The Morgan fingerprint density at radius 1 is 1.70 bits per heavy atom. The van der Waals surface area contributed by atoms with E-state index in [-0.39, 0.29) is 6.02 Å². The van der Waals surface area contributed by atoms with Gasteiger partial charge in [-0.2, -0.15) is 0 Å². The van der Waals surface area contributed by atoms with E-state index < -0.39 is 0 Å². The average molecular weight is 141 g/mol. The fourth-order valence-electron chi connectivity index (χ4n) is 1.06. The van der Waals surface area contributed by atoms with Crippen LogP contribution >= 0.6 is 0 Å². The number of hydrogen-bond donors (Lipinski definition) is 0. The highest BCUT2D eigenvalue weighted by molar-refractivity contribution is 5.69. The standard InChI is InChI=1S/C7H14N2O/c1-3-9(6-4-5-6)7(10)8-2/h6H,3-5H2,1-2H3,(H,8,10)/p-1. The Morgan fingerprint density at radius 3 is 2.60 bits per heavy atom. The number of rotatable bonds is 2. The molecular formula is C7H13N2O-. The molecule has 0 N–H and O–H groups in total. The molecule has 1 aliphatic rings. The van der Waals surface area contributed by atoms with Crippen LogP contribution in [0.2, 0.25) is 0 Å². The van der Waals surface area contributed by atoms with Crippen LogP contribution in [0.3, 0.4) is 0 Å². The van der Waals surface area contributed by atoms with Crippen molar-refractivity contribution in [2.75, 3.05) is 13.6 Å². The van der Waals surface area contributed by atoms with Crippen LogP contribution < -0.4 is 5.11 Å². The molecule has 0 spiro atoms. The van der Waals surface area contributed by atoms with Gasteiger partial charge >= 0.3 is 0 Å². The van der Waals surface area contributed by atoms with Crippen LogP contribution in [-0.2, 0) is 0 Å². The Labute approximate surface area is 61.4 Å². The minimum atomic E-state index is -0.0648. The summed E-state index contributed by atoms with van der Waals surface area (Å²) in [6, 6.07) is 0.436. The molecule has 1 aliphatic carbocycles. The van der Waals surface area contributed by atoms with E-state index in [9.17, 15) is 5.11 Å². The van der Waals surface area contributed by atoms with Crippen LogP contribution in [0.1, 0.15) is 19.8 Å². The van der Waals surface area contributed by atoms with Crippen LogP contribution in [0.5, 0.6) is 0 Å². The van der Waals surface area contributed by atoms with Crippen molar-refractivity contribution in [3.05, 3.63) is 0 Å². The van der Waals surface area contributed by atoms with Crippen molar-refractivity contribution >= 4 is 6.02 Å². The van der Waals surface area contributed by atoms with Gasteiger partial charge in [0, 0.05) is 25.7 Å². The van der Waals surface area contributed by atoms with Gasteiger partial charge < -0.3 is 10.0 Å². The van der Waals surface area contributed by atoms with E-state index in [1.54, 1.807) is 7.05 Å². The maximum atomic E-state index is 11.0. The highest BCUT2D eigenvalue weighted by Crippen LogP contribution is 2.25. The first kappa shape index (κ1) is 7.38. The van der Waals surface area contributed by atoms with Gasteiger partial charge in [0.05, 0.1) is 0 Å². The van der Waals surface area contributed by atoms with Gasteiger partial charge in [-0.15, -0.1) is 0 Å². The van der Waals surface area contributed by atoms with E-state index >= 15 is 0 Å². The smallest absolute Gasteiger partial charge is 0.0497 e. The molecule has 1 fully saturated rings. The predicted molar refractivity (Wildman–Crippen MR) is 38.8 cm³/mol. The summed E-state index contributed by atoms with van der Waals surface area (Å²) in [5.41, 5.74) is 0. The molecule has 0 unspecified atom stereocenters. The van der Waals surface area contributed by atoms with Crippen LogP contribution in [0.25, 0.3) is 0 Å². The second-order valence-electron chi connectivity index (χ2n) is 2.52. The Kier molecular flexibility index (Phi) is 2.14. The third kappa shape index (κ3) is 1.40. The summed E-state index contributed by atoms with van der Waals surface area (Å²) in [6.45, 7) is 2.78. The van der Waals surface area contributed by atoms with Crippen LogP contribution in [0.15, 0.2) is 4.99 Å². The minimum Gasteiger partial charge on any atom is -0.846 e. The normalized spacial score (nSPS) is 19.2. The SMILES string of the molecule is CCN(C([O-])=NC)C1CC1. The molecule has 1 saturated carbocycles. The van der Waals surface area contributed by atoms with Crippen molar-refractivity contribution in [2.24, 2.45) is 4.99 Å². The van der Waals surface area contributed by atoms with Gasteiger partial charge in [-0.3, -0.25) is 4.99 Å². The first-order chi connectivity index (χ1) is 4.79. The van der Waals surface area contributed by atoms with Gasteiger partial charge in [-0.05, 0) is 19.8 Å². The lowest BCUT2D eigenvalue weighted by molar-refractivity contribution is -0.235. The zero-order valence-corrected chi connectivity index (χ0v) is 6.50. The number of amidine groups is 1. The lowest BCUT2D eigenvalue weighted by atomic mass is 10.5. The molecule has 0 heterocycles. The van der Waals surface area contributed by atoms with Crippen molar-refractivity contribution in [2.45, 2.75) is 25.8 Å². The quantitative estimate of drug-likeness (QED) is 0.395. The van der Waals surface area contributed by atoms with E-state index in [2.05, 4.69) is 4.99 Å². The van der Waals surface area contributed by atoms with E-state index in [0.717, 1.165) is 19.4 Å². The lowest BCUT2D eigenvalue weighted by Gasteiger charge is -2.27. The molecule has 3 nitrogen and oxygen atoms in total. The Morgan fingerprint density at radius 2 is 2.30 bits per heavy atom. The summed E-state index contributed by atoms with van der Waals surface area (Å²) < 4.78 is 0. The Hall–Kier alpha value is -0.730. The molecule has 0 aliphatic heterocycles. The van der Waals surface area contributed by atoms with Gasteiger partial charge in [0.2, 0.25) is 0 Å². The molecule has 0 bridgehead atoms. The molecule has 1 rings (SSSR count). The zero-order valence-electron chi connectivity index (χ0n) is 6.50. The summed E-state index contributed by atoms with van der Waals surface area (Å²) in [6.07, 6.45) is 2.32.